The van der Waals surface area contributed by atoms with Gasteiger partial charge in [0, 0.05) is 12.1 Å². The minimum absolute atomic E-state index is 0.0538. The third kappa shape index (κ3) is 3.30. The lowest BCUT2D eigenvalue weighted by Crippen LogP contribution is -2.30. The van der Waals surface area contributed by atoms with Crippen LogP contribution in [0.15, 0.2) is 24.3 Å². The van der Waals surface area contributed by atoms with E-state index in [9.17, 15) is 13.2 Å². The molecule has 1 aromatic carbocycles. The van der Waals surface area contributed by atoms with E-state index in [0.717, 1.165) is 11.1 Å². The molecule has 0 bridgehead atoms. The molecule has 8 nitrogen and oxygen atoms in total. The molecule has 1 unspecified atom stereocenters. The number of aromatic amines is 1. The van der Waals surface area contributed by atoms with Gasteiger partial charge in [0.1, 0.15) is 0 Å². The first kappa shape index (κ1) is 14.6. The van der Waals surface area contributed by atoms with E-state index in [2.05, 4.69) is 25.9 Å². The Balaban J connectivity index is 1.62. The lowest BCUT2D eigenvalue weighted by Gasteiger charge is -2.10. The summed E-state index contributed by atoms with van der Waals surface area (Å²) in [7, 11) is -3.05. The molecule has 1 saturated heterocycles. The fourth-order valence-corrected chi connectivity index (χ4v) is 4.18. The van der Waals surface area contributed by atoms with Crippen LogP contribution in [0.4, 0.5) is 0 Å². The third-order valence-electron chi connectivity index (χ3n) is 3.60. The van der Waals surface area contributed by atoms with Crippen molar-refractivity contribution in [3.05, 3.63) is 29.8 Å². The predicted octanol–water partition coefficient (Wildman–Crippen LogP) is -0.0824. The standard InChI is InChI=1S/C13H15N5O3S/c19-13(11-4-5-22(20,21)8-11)14-7-9-2-1-3-10(6-9)12-15-17-18-16-12/h1-3,6,11H,4-5,7-8H2,(H,14,19)(H,15,16,17,18). The summed E-state index contributed by atoms with van der Waals surface area (Å²) in [5.74, 6) is -0.133. The summed E-state index contributed by atoms with van der Waals surface area (Å²) < 4.78 is 22.8. The molecular weight excluding hydrogens is 306 g/mol. The van der Waals surface area contributed by atoms with E-state index < -0.39 is 15.8 Å². The molecule has 1 aromatic heterocycles. The van der Waals surface area contributed by atoms with E-state index in [-0.39, 0.29) is 17.4 Å². The van der Waals surface area contributed by atoms with E-state index in [1.54, 1.807) is 0 Å². The van der Waals surface area contributed by atoms with E-state index in [4.69, 9.17) is 0 Å². The number of aromatic nitrogens is 4. The van der Waals surface area contributed by atoms with Gasteiger partial charge in [-0.15, -0.1) is 10.2 Å². The van der Waals surface area contributed by atoms with E-state index in [1.807, 2.05) is 24.3 Å². The van der Waals surface area contributed by atoms with Crippen molar-refractivity contribution in [2.75, 3.05) is 11.5 Å². The van der Waals surface area contributed by atoms with Crippen molar-refractivity contribution < 1.29 is 13.2 Å². The Bertz CT molecular complexity index is 773. The van der Waals surface area contributed by atoms with Gasteiger partial charge < -0.3 is 5.32 Å². The number of rotatable bonds is 4. The highest BCUT2D eigenvalue weighted by Crippen LogP contribution is 2.19. The molecule has 2 N–H and O–H groups in total. The van der Waals surface area contributed by atoms with Crippen molar-refractivity contribution in [2.24, 2.45) is 5.92 Å². The minimum atomic E-state index is -3.05. The first-order chi connectivity index (χ1) is 10.5. The van der Waals surface area contributed by atoms with Crippen LogP contribution in [0.5, 0.6) is 0 Å². The summed E-state index contributed by atoms with van der Waals surface area (Å²) in [5.41, 5.74) is 1.68. The molecule has 0 aliphatic carbocycles. The number of carbonyl (C=O) groups excluding carboxylic acids is 1. The number of H-pyrrole nitrogens is 1. The van der Waals surface area contributed by atoms with Gasteiger partial charge in [-0.1, -0.05) is 18.2 Å². The van der Waals surface area contributed by atoms with Crippen LogP contribution in [-0.2, 0) is 21.2 Å². The quantitative estimate of drug-likeness (QED) is 0.813. The van der Waals surface area contributed by atoms with Crippen molar-refractivity contribution >= 4 is 15.7 Å². The van der Waals surface area contributed by atoms with Crippen LogP contribution in [-0.4, -0.2) is 46.5 Å². The number of amides is 1. The van der Waals surface area contributed by atoms with Crippen molar-refractivity contribution in [3.63, 3.8) is 0 Å². The number of benzene rings is 1. The maximum atomic E-state index is 12.0. The SMILES string of the molecule is O=C(NCc1cccc(-c2nn[nH]n2)c1)C1CCS(=O)(=O)C1. The summed E-state index contributed by atoms with van der Waals surface area (Å²) in [5, 5.41) is 16.5. The second kappa shape index (κ2) is 5.84. The second-order valence-corrected chi connectivity index (χ2v) is 7.48. The van der Waals surface area contributed by atoms with Crippen LogP contribution in [0.25, 0.3) is 11.4 Å². The summed E-state index contributed by atoms with van der Waals surface area (Å²) in [6, 6.07) is 7.42. The highest BCUT2D eigenvalue weighted by Gasteiger charge is 2.32. The summed E-state index contributed by atoms with van der Waals surface area (Å²) in [6.45, 7) is 0.334. The number of hydrogen-bond acceptors (Lipinski definition) is 6. The van der Waals surface area contributed by atoms with Gasteiger partial charge in [0.15, 0.2) is 9.84 Å². The number of nitrogens with one attached hydrogen (secondary N) is 2. The summed E-state index contributed by atoms with van der Waals surface area (Å²) in [6.07, 6.45) is 0.400. The van der Waals surface area contributed by atoms with Crippen molar-refractivity contribution in [3.8, 4) is 11.4 Å². The Kier molecular flexibility index (Phi) is 3.88. The average molecular weight is 321 g/mol. The molecule has 1 atom stereocenters. The molecule has 2 aromatic rings. The van der Waals surface area contributed by atoms with Crippen LogP contribution in [0.1, 0.15) is 12.0 Å². The molecule has 9 heteroatoms. The summed E-state index contributed by atoms with van der Waals surface area (Å²) in [4.78, 5) is 12.0. The Hall–Kier alpha value is -2.29. The second-order valence-electron chi connectivity index (χ2n) is 5.25. The van der Waals surface area contributed by atoms with E-state index in [0.29, 0.717) is 18.8 Å². The molecule has 2 heterocycles. The number of carbonyl (C=O) groups is 1. The van der Waals surface area contributed by atoms with Crippen molar-refractivity contribution in [1.82, 2.24) is 25.9 Å². The van der Waals surface area contributed by atoms with Crippen molar-refractivity contribution in [2.45, 2.75) is 13.0 Å². The molecule has 1 aliphatic rings. The number of nitrogens with zero attached hydrogens (tertiary/aromatic N) is 3. The molecule has 1 amide bonds. The normalized spacial score (nSPS) is 19.9. The fourth-order valence-electron chi connectivity index (χ4n) is 2.44. The van der Waals surface area contributed by atoms with E-state index >= 15 is 0 Å². The third-order valence-corrected chi connectivity index (χ3v) is 5.37. The van der Waals surface area contributed by atoms with Crippen LogP contribution in [0, 0.1) is 5.92 Å². The zero-order valence-electron chi connectivity index (χ0n) is 11.7. The van der Waals surface area contributed by atoms with E-state index in [1.165, 1.54) is 0 Å². The van der Waals surface area contributed by atoms with Crippen LogP contribution in [0.2, 0.25) is 0 Å². The number of sulfone groups is 1. The Morgan fingerprint density at radius 2 is 2.27 bits per heavy atom. The average Bonchev–Trinajstić information content (AvgIpc) is 3.14. The molecule has 116 valence electrons. The van der Waals surface area contributed by atoms with Gasteiger partial charge in [0.05, 0.1) is 17.4 Å². The van der Waals surface area contributed by atoms with Crippen molar-refractivity contribution in [1.29, 1.82) is 0 Å². The van der Waals surface area contributed by atoms with Gasteiger partial charge in [0.2, 0.25) is 11.7 Å². The van der Waals surface area contributed by atoms with Gasteiger partial charge in [-0.25, -0.2) is 8.42 Å². The van der Waals surface area contributed by atoms with Gasteiger partial charge in [-0.2, -0.15) is 5.21 Å². The molecule has 0 saturated carbocycles. The summed E-state index contributed by atoms with van der Waals surface area (Å²) >= 11 is 0. The highest BCUT2D eigenvalue weighted by molar-refractivity contribution is 7.91. The Labute approximate surface area is 127 Å². The molecule has 1 fully saturated rings. The fraction of sp³-hybridized carbons (Fsp3) is 0.385. The zero-order valence-corrected chi connectivity index (χ0v) is 12.5. The maximum absolute atomic E-state index is 12.0. The lowest BCUT2D eigenvalue weighted by molar-refractivity contribution is -0.124. The maximum Gasteiger partial charge on any atom is 0.224 e. The smallest absolute Gasteiger partial charge is 0.224 e. The molecule has 3 rings (SSSR count). The van der Waals surface area contributed by atoms with Gasteiger partial charge >= 0.3 is 0 Å². The number of tetrazole rings is 1. The van der Waals surface area contributed by atoms with Gasteiger partial charge in [-0.3, -0.25) is 4.79 Å². The topological polar surface area (TPSA) is 118 Å². The lowest BCUT2D eigenvalue weighted by atomic mass is 10.1. The predicted molar refractivity (Wildman–Crippen MR) is 78.2 cm³/mol. The van der Waals surface area contributed by atoms with Crippen LogP contribution < -0.4 is 5.32 Å². The minimum Gasteiger partial charge on any atom is -0.352 e. The molecule has 22 heavy (non-hydrogen) atoms. The molecular formula is C13H15N5O3S. The molecule has 1 aliphatic heterocycles. The highest BCUT2D eigenvalue weighted by atomic mass is 32.2. The molecule has 0 radical (unpaired) electrons. The number of hydrogen-bond donors (Lipinski definition) is 2. The molecule has 0 spiro atoms. The van der Waals surface area contributed by atoms with Crippen LogP contribution in [0.3, 0.4) is 0 Å². The zero-order chi connectivity index (χ0) is 15.6. The van der Waals surface area contributed by atoms with Crippen LogP contribution >= 0.6 is 0 Å². The van der Waals surface area contributed by atoms with Gasteiger partial charge in [0.25, 0.3) is 0 Å². The first-order valence-electron chi connectivity index (χ1n) is 6.84. The Morgan fingerprint density at radius 1 is 1.41 bits per heavy atom. The monoisotopic (exact) mass is 321 g/mol. The largest absolute Gasteiger partial charge is 0.352 e. The van der Waals surface area contributed by atoms with Gasteiger partial charge in [-0.05, 0) is 23.3 Å². The first-order valence-corrected chi connectivity index (χ1v) is 8.66. The Morgan fingerprint density at radius 3 is 2.95 bits per heavy atom.